The summed E-state index contributed by atoms with van der Waals surface area (Å²) in [6.07, 6.45) is 0.776. The number of ether oxygens (including phenoxy) is 4. The van der Waals surface area contributed by atoms with Crippen LogP contribution in [0.4, 0.5) is 0 Å². The van der Waals surface area contributed by atoms with E-state index in [9.17, 15) is 10.3 Å². The molecule has 0 amide bonds. The lowest BCUT2D eigenvalue weighted by atomic mass is 9.80. The van der Waals surface area contributed by atoms with Gasteiger partial charge >= 0.3 is 0 Å². The summed E-state index contributed by atoms with van der Waals surface area (Å²) in [6, 6.07) is 7.38. The minimum Gasteiger partial charge on any atom is -0.630 e. The number of hydroxylamine groups is 3. The van der Waals surface area contributed by atoms with Crippen LogP contribution in [0.3, 0.4) is 0 Å². The molecule has 1 N–H and O–H groups in total. The summed E-state index contributed by atoms with van der Waals surface area (Å²) in [5.41, 5.74) is 1.70. The smallest absolute Gasteiger partial charge is 0.232 e. The lowest BCUT2D eigenvalue weighted by Crippen LogP contribution is -2.64. The van der Waals surface area contributed by atoms with Crippen LogP contribution in [0.1, 0.15) is 22.3 Å². The molecule has 0 radical (unpaired) electrons. The van der Waals surface area contributed by atoms with Gasteiger partial charge < -0.3 is 33.9 Å². The zero-order valence-corrected chi connectivity index (χ0v) is 15.3. The van der Waals surface area contributed by atoms with Crippen LogP contribution < -0.4 is 18.9 Å². The van der Waals surface area contributed by atoms with E-state index in [0.717, 1.165) is 16.7 Å². The van der Waals surface area contributed by atoms with Crippen molar-refractivity contribution < 1.29 is 28.7 Å². The Labute approximate surface area is 156 Å². The fourth-order valence-corrected chi connectivity index (χ4v) is 4.61. The first-order valence-corrected chi connectivity index (χ1v) is 8.95. The van der Waals surface area contributed by atoms with E-state index >= 15 is 0 Å². The summed E-state index contributed by atoms with van der Waals surface area (Å²) in [6.45, 7) is 0.566. The molecule has 3 aliphatic heterocycles. The van der Waals surface area contributed by atoms with Gasteiger partial charge in [-0.2, -0.15) is 0 Å². The number of rotatable bonds is 2. The van der Waals surface area contributed by atoms with Crippen molar-refractivity contribution in [3.8, 4) is 23.0 Å². The Morgan fingerprint density at radius 3 is 2.63 bits per heavy atom. The van der Waals surface area contributed by atoms with Crippen molar-refractivity contribution in [1.82, 2.24) is 0 Å². The van der Waals surface area contributed by atoms with Crippen molar-refractivity contribution in [2.24, 2.45) is 0 Å². The maximum atomic E-state index is 13.8. The minimum absolute atomic E-state index is 0.125. The van der Waals surface area contributed by atoms with E-state index in [1.54, 1.807) is 20.3 Å². The fraction of sp³-hybridized carbons (Fsp3) is 0.400. The van der Waals surface area contributed by atoms with Crippen LogP contribution in [0.25, 0.3) is 0 Å². The Bertz CT molecular complexity index is 945. The van der Waals surface area contributed by atoms with E-state index in [2.05, 4.69) is 0 Å². The van der Waals surface area contributed by atoms with Gasteiger partial charge in [-0.1, -0.05) is 6.07 Å². The van der Waals surface area contributed by atoms with Crippen LogP contribution in [0.5, 0.6) is 23.0 Å². The highest BCUT2D eigenvalue weighted by Crippen LogP contribution is 2.51. The molecule has 27 heavy (non-hydrogen) atoms. The second-order valence-corrected chi connectivity index (χ2v) is 7.32. The number of quaternary nitrogens is 1. The molecule has 0 saturated heterocycles. The van der Waals surface area contributed by atoms with E-state index in [4.69, 9.17) is 18.9 Å². The van der Waals surface area contributed by atoms with Crippen molar-refractivity contribution in [1.29, 1.82) is 0 Å². The molecule has 7 nitrogen and oxygen atoms in total. The molecule has 7 heteroatoms. The number of methoxy groups -OCH3 is 2. The van der Waals surface area contributed by atoms with Gasteiger partial charge in [0.15, 0.2) is 23.0 Å². The highest BCUT2D eigenvalue weighted by Gasteiger charge is 2.54. The second-order valence-electron chi connectivity index (χ2n) is 7.32. The quantitative estimate of drug-likeness (QED) is 0.644. The van der Waals surface area contributed by atoms with Crippen molar-refractivity contribution in [2.75, 3.05) is 27.6 Å². The number of hydrogen-bond donors (Lipinski definition) is 1. The fourth-order valence-electron chi connectivity index (χ4n) is 4.61. The standard InChI is InChI=1S/C20H21NO6/c1-24-16-4-3-13-9-20(22)15-8-18-17(26-11-27-18)7-12(15)5-6-21(20,23)10-14(13)19(16)25-2/h3-4,7-8,22H,5-6,9-11H2,1-2H3. The first-order chi connectivity index (χ1) is 13.0. The van der Waals surface area contributed by atoms with Crippen molar-refractivity contribution in [2.45, 2.75) is 25.1 Å². The lowest BCUT2D eigenvalue weighted by Gasteiger charge is -2.59. The Morgan fingerprint density at radius 1 is 1.11 bits per heavy atom. The number of nitrogens with zero attached hydrogens (tertiary/aromatic N) is 1. The second kappa shape index (κ2) is 5.51. The average molecular weight is 371 g/mol. The molecule has 2 aromatic carbocycles. The predicted molar refractivity (Wildman–Crippen MR) is 95.6 cm³/mol. The highest BCUT2D eigenvalue weighted by molar-refractivity contribution is 5.54. The average Bonchev–Trinajstić information content (AvgIpc) is 3.12. The molecule has 0 bridgehead atoms. The van der Waals surface area contributed by atoms with E-state index in [1.807, 2.05) is 18.2 Å². The number of aliphatic hydroxyl groups is 1. The molecule has 5 rings (SSSR count). The van der Waals surface area contributed by atoms with Crippen LogP contribution in [0, 0.1) is 5.21 Å². The van der Waals surface area contributed by atoms with Crippen molar-refractivity contribution in [3.63, 3.8) is 0 Å². The zero-order valence-electron chi connectivity index (χ0n) is 15.3. The van der Waals surface area contributed by atoms with E-state index < -0.39 is 10.4 Å². The Morgan fingerprint density at radius 2 is 1.89 bits per heavy atom. The first-order valence-electron chi connectivity index (χ1n) is 8.95. The zero-order chi connectivity index (χ0) is 18.8. The van der Waals surface area contributed by atoms with Gasteiger partial charge in [0, 0.05) is 12.0 Å². The lowest BCUT2D eigenvalue weighted by molar-refractivity contribution is -0.983. The molecule has 3 aliphatic rings. The van der Waals surface area contributed by atoms with Gasteiger partial charge in [-0.3, -0.25) is 0 Å². The third kappa shape index (κ3) is 2.13. The van der Waals surface area contributed by atoms with Crippen LogP contribution in [-0.4, -0.2) is 37.3 Å². The van der Waals surface area contributed by atoms with Gasteiger partial charge in [-0.05, 0) is 29.3 Å². The molecule has 142 valence electrons. The minimum atomic E-state index is -1.57. The van der Waals surface area contributed by atoms with Crippen LogP contribution in [-0.2, 0) is 25.1 Å². The van der Waals surface area contributed by atoms with E-state index in [0.29, 0.717) is 35.0 Å². The van der Waals surface area contributed by atoms with Gasteiger partial charge in [-0.25, -0.2) is 0 Å². The summed E-state index contributed by atoms with van der Waals surface area (Å²) < 4.78 is 21.1. The van der Waals surface area contributed by atoms with Gasteiger partial charge in [0.2, 0.25) is 12.5 Å². The monoisotopic (exact) mass is 371 g/mol. The highest BCUT2D eigenvalue weighted by atomic mass is 16.7. The molecular weight excluding hydrogens is 350 g/mol. The Balaban J connectivity index is 1.68. The van der Waals surface area contributed by atoms with Gasteiger partial charge in [0.05, 0.1) is 32.7 Å². The molecular formula is C20H21NO6. The normalized spacial score (nSPS) is 27.4. The topological polar surface area (TPSA) is 80.2 Å². The molecule has 2 aromatic rings. The molecule has 0 aliphatic carbocycles. The summed E-state index contributed by atoms with van der Waals surface area (Å²) >= 11 is 0. The molecule has 0 fully saturated rings. The summed E-state index contributed by atoms with van der Waals surface area (Å²) in [7, 11) is 3.14. The summed E-state index contributed by atoms with van der Waals surface area (Å²) in [5.74, 6) is 2.41. The van der Waals surface area contributed by atoms with Crippen molar-refractivity contribution in [3.05, 3.63) is 51.7 Å². The molecule has 0 aromatic heterocycles. The Kier molecular flexibility index (Phi) is 3.40. The molecule has 3 heterocycles. The van der Waals surface area contributed by atoms with Crippen LogP contribution in [0.2, 0.25) is 0 Å². The molecule has 0 saturated carbocycles. The van der Waals surface area contributed by atoms with E-state index in [-0.39, 0.29) is 26.3 Å². The number of fused-ring (bicyclic) bond motifs is 5. The third-order valence-electron chi connectivity index (χ3n) is 6.04. The summed E-state index contributed by atoms with van der Waals surface area (Å²) in [5, 5.41) is 25.5. The molecule has 2 atom stereocenters. The Hall–Kier alpha value is -2.48. The number of hydrogen-bond acceptors (Lipinski definition) is 6. The van der Waals surface area contributed by atoms with Crippen LogP contribution >= 0.6 is 0 Å². The maximum Gasteiger partial charge on any atom is 0.232 e. The van der Waals surface area contributed by atoms with Crippen LogP contribution in [0.15, 0.2) is 24.3 Å². The SMILES string of the molecule is COc1ccc2c(c1OC)C[N+]1([O-])CCc3cc4c(cc3C1(O)C2)OCO4. The largest absolute Gasteiger partial charge is 0.630 e. The van der Waals surface area contributed by atoms with Gasteiger partial charge in [-0.15, -0.1) is 0 Å². The van der Waals surface area contributed by atoms with Crippen molar-refractivity contribution >= 4 is 0 Å². The number of benzene rings is 2. The molecule has 2 unspecified atom stereocenters. The summed E-state index contributed by atoms with van der Waals surface area (Å²) in [4.78, 5) is 0. The maximum absolute atomic E-state index is 13.8. The van der Waals surface area contributed by atoms with E-state index in [1.165, 1.54) is 0 Å². The predicted octanol–water partition coefficient (Wildman–Crippen LogP) is 2.20. The first kappa shape index (κ1) is 16.7. The molecule has 0 spiro atoms. The van der Waals surface area contributed by atoms with Gasteiger partial charge in [0.25, 0.3) is 0 Å². The van der Waals surface area contributed by atoms with Gasteiger partial charge in [0.1, 0.15) is 6.54 Å². The third-order valence-corrected chi connectivity index (χ3v) is 6.04.